The van der Waals surface area contributed by atoms with Crippen LogP contribution in [0.3, 0.4) is 0 Å². The van der Waals surface area contributed by atoms with Crippen molar-refractivity contribution >= 4 is 23.2 Å². The maximum absolute atomic E-state index is 12.7. The van der Waals surface area contributed by atoms with Gasteiger partial charge in [0, 0.05) is 19.0 Å². The highest BCUT2D eigenvalue weighted by atomic mass is 32.1. The molecule has 0 aliphatic rings. The predicted octanol–water partition coefficient (Wildman–Crippen LogP) is 2.55. The van der Waals surface area contributed by atoms with Gasteiger partial charge in [-0.25, -0.2) is 9.78 Å². The number of benzene rings is 1. The molecule has 0 saturated carbocycles. The molecule has 0 bridgehead atoms. The minimum absolute atomic E-state index is 0.0369. The Bertz CT molecular complexity index is 745. The monoisotopic (exact) mass is 392 g/mol. The van der Waals surface area contributed by atoms with Crippen molar-refractivity contribution in [2.45, 2.75) is 19.9 Å². The number of methoxy groups -OCH3 is 2. The molecule has 0 aliphatic carbocycles. The van der Waals surface area contributed by atoms with E-state index < -0.39 is 5.97 Å². The van der Waals surface area contributed by atoms with Crippen LogP contribution in [0.25, 0.3) is 0 Å². The Balaban J connectivity index is 2.04. The van der Waals surface area contributed by atoms with E-state index in [-0.39, 0.29) is 18.0 Å². The Kier molecular flexibility index (Phi) is 8.22. The van der Waals surface area contributed by atoms with Crippen molar-refractivity contribution in [3.8, 4) is 5.75 Å². The average molecular weight is 392 g/mol. The van der Waals surface area contributed by atoms with Gasteiger partial charge in [0.15, 0.2) is 5.69 Å². The zero-order valence-electron chi connectivity index (χ0n) is 15.8. The fourth-order valence-corrected chi connectivity index (χ4v) is 3.15. The van der Waals surface area contributed by atoms with Gasteiger partial charge in [-0.2, -0.15) is 0 Å². The van der Waals surface area contributed by atoms with Gasteiger partial charge in [-0.1, -0.05) is 12.1 Å². The largest absolute Gasteiger partial charge is 0.497 e. The zero-order chi connectivity index (χ0) is 19.6. The van der Waals surface area contributed by atoms with Gasteiger partial charge in [-0.05, 0) is 24.6 Å². The van der Waals surface area contributed by atoms with Crippen molar-refractivity contribution < 1.29 is 23.8 Å². The zero-order valence-corrected chi connectivity index (χ0v) is 16.6. The molecule has 146 valence electrons. The first kappa shape index (κ1) is 20.9. The van der Waals surface area contributed by atoms with Crippen LogP contribution < -0.4 is 4.74 Å². The Morgan fingerprint density at radius 3 is 2.56 bits per heavy atom. The van der Waals surface area contributed by atoms with Crippen molar-refractivity contribution in [1.82, 2.24) is 9.88 Å². The van der Waals surface area contributed by atoms with Gasteiger partial charge >= 0.3 is 5.97 Å². The molecule has 0 atom stereocenters. The Morgan fingerprint density at radius 1 is 1.19 bits per heavy atom. The van der Waals surface area contributed by atoms with Crippen LogP contribution in [0.2, 0.25) is 0 Å². The van der Waals surface area contributed by atoms with E-state index in [9.17, 15) is 9.59 Å². The van der Waals surface area contributed by atoms with Crippen LogP contribution in [0.4, 0.5) is 0 Å². The summed E-state index contributed by atoms with van der Waals surface area (Å²) in [5.41, 5.74) is 1.17. The third-order valence-electron chi connectivity index (χ3n) is 3.79. The number of amides is 1. The molecular weight excluding hydrogens is 368 g/mol. The predicted molar refractivity (Wildman–Crippen MR) is 102 cm³/mol. The van der Waals surface area contributed by atoms with Gasteiger partial charge in [-0.15, -0.1) is 11.3 Å². The third-order valence-corrected chi connectivity index (χ3v) is 4.63. The topological polar surface area (TPSA) is 78.0 Å². The molecule has 0 fully saturated rings. The summed E-state index contributed by atoms with van der Waals surface area (Å²) in [7, 11) is 3.19. The fourth-order valence-electron chi connectivity index (χ4n) is 2.37. The van der Waals surface area contributed by atoms with Crippen molar-refractivity contribution in [2.75, 3.05) is 34.0 Å². The molecule has 2 aromatic rings. The number of carbonyl (C=O) groups is 2. The molecule has 1 aromatic carbocycles. The molecule has 0 spiro atoms. The van der Waals surface area contributed by atoms with Crippen LogP contribution >= 0.6 is 11.3 Å². The summed E-state index contributed by atoms with van der Waals surface area (Å²) >= 11 is 1.33. The molecule has 0 unspecified atom stereocenters. The molecule has 0 saturated heterocycles. The van der Waals surface area contributed by atoms with E-state index in [1.165, 1.54) is 11.3 Å². The molecule has 2 rings (SSSR count). The number of aromatic nitrogens is 1. The van der Waals surface area contributed by atoms with Crippen molar-refractivity contribution in [3.63, 3.8) is 0 Å². The van der Waals surface area contributed by atoms with Crippen LogP contribution in [0.1, 0.15) is 28.0 Å². The van der Waals surface area contributed by atoms with Crippen molar-refractivity contribution in [2.24, 2.45) is 0 Å². The number of carbonyl (C=O) groups excluding carboxylic acids is 2. The number of thiazole rings is 1. The summed E-state index contributed by atoms with van der Waals surface area (Å²) in [5, 5.41) is 2.33. The van der Waals surface area contributed by atoms with Gasteiger partial charge < -0.3 is 19.1 Å². The van der Waals surface area contributed by atoms with Gasteiger partial charge in [0.2, 0.25) is 5.91 Å². The smallest absolute Gasteiger partial charge is 0.357 e. The van der Waals surface area contributed by atoms with Gasteiger partial charge in [0.1, 0.15) is 10.8 Å². The lowest BCUT2D eigenvalue weighted by Gasteiger charge is -2.21. The first-order valence-electron chi connectivity index (χ1n) is 8.58. The van der Waals surface area contributed by atoms with Crippen molar-refractivity contribution in [1.29, 1.82) is 0 Å². The highest BCUT2D eigenvalue weighted by Crippen LogP contribution is 2.16. The van der Waals surface area contributed by atoms with Crippen LogP contribution in [-0.2, 0) is 27.2 Å². The standard InChI is InChI=1S/C19H24N2O5S/c1-4-26-19(23)16-13-27-17(20-16)12-21(9-10-24-2)18(22)11-14-5-7-15(25-3)8-6-14/h5-8,13H,4,9-12H2,1-3H3. The first-order chi connectivity index (χ1) is 13.1. The summed E-state index contributed by atoms with van der Waals surface area (Å²) in [5.74, 6) is 0.259. The molecule has 1 aromatic heterocycles. The average Bonchev–Trinajstić information content (AvgIpc) is 3.14. The second-order valence-corrected chi connectivity index (χ2v) is 6.62. The number of nitrogens with zero attached hydrogens (tertiary/aromatic N) is 2. The third kappa shape index (κ3) is 6.33. The maximum atomic E-state index is 12.7. The number of ether oxygens (including phenoxy) is 3. The van der Waals surface area contributed by atoms with E-state index in [1.54, 1.807) is 31.4 Å². The van der Waals surface area contributed by atoms with E-state index in [0.29, 0.717) is 31.3 Å². The van der Waals surface area contributed by atoms with E-state index in [0.717, 1.165) is 11.3 Å². The molecule has 8 heteroatoms. The lowest BCUT2D eigenvalue weighted by molar-refractivity contribution is -0.131. The quantitative estimate of drug-likeness (QED) is 0.578. The number of esters is 1. The summed E-state index contributed by atoms with van der Waals surface area (Å²) in [6.45, 7) is 3.23. The lowest BCUT2D eigenvalue weighted by atomic mass is 10.1. The normalized spacial score (nSPS) is 10.5. The Morgan fingerprint density at radius 2 is 1.93 bits per heavy atom. The minimum atomic E-state index is -0.451. The van der Waals surface area contributed by atoms with E-state index >= 15 is 0 Å². The summed E-state index contributed by atoms with van der Waals surface area (Å²) < 4.78 is 15.2. The molecule has 0 N–H and O–H groups in total. The maximum Gasteiger partial charge on any atom is 0.357 e. The second-order valence-electron chi connectivity index (χ2n) is 5.68. The highest BCUT2D eigenvalue weighted by molar-refractivity contribution is 7.09. The number of rotatable bonds is 10. The lowest BCUT2D eigenvalue weighted by Crippen LogP contribution is -2.34. The molecule has 7 nitrogen and oxygen atoms in total. The van der Waals surface area contributed by atoms with Crippen molar-refractivity contribution in [3.05, 3.63) is 45.9 Å². The molecule has 0 aliphatic heterocycles. The summed E-state index contributed by atoms with van der Waals surface area (Å²) in [6, 6.07) is 7.39. The van der Waals surface area contributed by atoms with Crippen LogP contribution in [-0.4, -0.2) is 55.7 Å². The molecule has 0 radical (unpaired) electrons. The minimum Gasteiger partial charge on any atom is -0.497 e. The second kappa shape index (κ2) is 10.6. The van der Waals surface area contributed by atoms with E-state index in [1.807, 2.05) is 24.3 Å². The van der Waals surface area contributed by atoms with Crippen LogP contribution in [0, 0.1) is 0 Å². The van der Waals surface area contributed by atoms with E-state index in [4.69, 9.17) is 14.2 Å². The molecule has 1 heterocycles. The first-order valence-corrected chi connectivity index (χ1v) is 9.46. The molecular formula is C19H24N2O5S. The van der Waals surface area contributed by atoms with Crippen LogP contribution in [0.5, 0.6) is 5.75 Å². The van der Waals surface area contributed by atoms with Gasteiger partial charge in [-0.3, -0.25) is 4.79 Å². The molecule has 1 amide bonds. The van der Waals surface area contributed by atoms with Gasteiger partial charge in [0.25, 0.3) is 0 Å². The SMILES string of the molecule is CCOC(=O)c1csc(CN(CCOC)C(=O)Cc2ccc(OC)cc2)n1. The van der Waals surface area contributed by atoms with E-state index in [2.05, 4.69) is 4.98 Å². The Hall–Kier alpha value is -2.45. The van der Waals surface area contributed by atoms with Gasteiger partial charge in [0.05, 0.1) is 33.3 Å². The number of hydrogen-bond donors (Lipinski definition) is 0. The highest BCUT2D eigenvalue weighted by Gasteiger charge is 2.18. The summed E-state index contributed by atoms with van der Waals surface area (Å²) in [6.07, 6.45) is 0.268. The fraction of sp³-hybridized carbons (Fsp3) is 0.421. The molecule has 27 heavy (non-hydrogen) atoms. The van der Waals surface area contributed by atoms with Crippen LogP contribution in [0.15, 0.2) is 29.6 Å². The number of hydrogen-bond acceptors (Lipinski definition) is 7. The summed E-state index contributed by atoms with van der Waals surface area (Å²) in [4.78, 5) is 30.5. The Labute approximate surface area is 162 Å².